The van der Waals surface area contributed by atoms with E-state index in [0.29, 0.717) is 91.7 Å². The molecule has 0 aliphatic rings. The van der Waals surface area contributed by atoms with Gasteiger partial charge in [-0.05, 0) is 36.4 Å². The largest absolute Gasteiger partial charge is 0.308 e. The van der Waals surface area contributed by atoms with Crippen LogP contribution in [0.2, 0.25) is 0 Å². The number of hydrogen-bond donors (Lipinski definition) is 0. The molecule has 12 heteroatoms. The van der Waals surface area contributed by atoms with Gasteiger partial charge >= 0.3 is 0 Å². The second-order valence-corrected chi connectivity index (χ2v) is 22.3. The zero-order valence-corrected chi connectivity index (χ0v) is 49.7. The third kappa shape index (κ3) is 10.9. The SMILES string of the molecule is N#Cc1cc(-c2cc(-c3ccccc3)nc(-c3ccccc3)n2)c(-n2c3cc(-c4nc(-c5ccccc5)nc(-c5ccccc5)n4)ccc3c3ccc(-c4nc(-c5ccccc5)nc(-c5ccccc5)n4)cc32)c(-c2nc(-c3ccccc3)cc(-c3ccccc3)n2)c1. The quantitative estimate of drug-likeness (QED) is 0.108. The number of hydrogen-bond acceptors (Lipinski definition) is 11. The van der Waals surface area contributed by atoms with Crippen molar-refractivity contribution < 1.29 is 0 Å². The Kier molecular flexibility index (Phi) is 14.3. The summed E-state index contributed by atoms with van der Waals surface area (Å²) in [6.45, 7) is 0. The van der Waals surface area contributed by atoms with E-state index >= 15 is 0 Å². The molecule has 0 amide bonds. The van der Waals surface area contributed by atoms with Gasteiger partial charge in [-0.15, -0.1) is 0 Å². The maximum absolute atomic E-state index is 11.5. The van der Waals surface area contributed by atoms with Crippen molar-refractivity contribution in [2.75, 3.05) is 0 Å². The lowest BCUT2D eigenvalue weighted by Crippen LogP contribution is -2.06. The van der Waals surface area contributed by atoms with Crippen LogP contribution in [0.5, 0.6) is 0 Å². The highest BCUT2D eigenvalue weighted by molar-refractivity contribution is 6.12. The van der Waals surface area contributed by atoms with Crippen LogP contribution in [0.15, 0.2) is 303 Å². The molecular weight excluding hydrogens is 1140 g/mol. The van der Waals surface area contributed by atoms with Gasteiger partial charge in [0, 0.05) is 77.5 Å². The second kappa shape index (κ2) is 24.1. The molecule has 434 valence electrons. The van der Waals surface area contributed by atoms with E-state index in [1.807, 2.05) is 267 Å². The van der Waals surface area contributed by atoms with Crippen LogP contribution < -0.4 is 0 Å². The Hall–Kier alpha value is -13.1. The summed E-state index contributed by atoms with van der Waals surface area (Å²) < 4.78 is 2.26. The fourth-order valence-corrected chi connectivity index (χ4v) is 11.9. The topological polar surface area (TPSA) is 158 Å². The van der Waals surface area contributed by atoms with Crippen molar-refractivity contribution in [2.45, 2.75) is 0 Å². The molecule has 0 unspecified atom stereocenters. The van der Waals surface area contributed by atoms with Crippen LogP contribution in [0.25, 0.3) is 164 Å². The Morgan fingerprint density at radius 3 is 0.828 bits per heavy atom. The normalized spacial score (nSPS) is 11.2. The molecular formula is C81H50N12. The molecule has 0 bridgehead atoms. The summed E-state index contributed by atoms with van der Waals surface area (Å²) in [4.78, 5) is 53.1. The first-order chi connectivity index (χ1) is 46.0. The Bertz CT molecular complexity index is 4920. The molecule has 16 rings (SSSR count). The predicted octanol–water partition coefficient (Wildman–Crippen LogP) is 18.6. The van der Waals surface area contributed by atoms with E-state index in [9.17, 15) is 5.26 Å². The van der Waals surface area contributed by atoms with E-state index < -0.39 is 0 Å². The summed E-state index contributed by atoms with van der Waals surface area (Å²) in [5.41, 5.74) is 14.7. The molecule has 16 aromatic rings. The van der Waals surface area contributed by atoms with Gasteiger partial charge in [-0.2, -0.15) is 5.26 Å². The smallest absolute Gasteiger partial charge is 0.164 e. The number of benzene rings is 11. The number of fused-ring (bicyclic) bond motifs is 3. The summed E-state index contributed by atoms with van der Waals surface area (Å²) in [6.07, 6.45) is 0. The Labute approximate surface area is 535 Å². The second-order valence-electron chi connectivity index (χ2n) is 22.3. The van der Waals surface area contributed by atoms with E-state index in [4.69, 9.17) is 49.8 Å². The summed E-state index contributed by atoms with van der Waals surface area (Å²) >= 11 is 0. The summed E-state index contributed by atoms with van der Waals surface area (Å²) in [7, 11) is 0. The van der Waals surface area contributed by atoms with Crippen LogP contribution in [0.4, 0.5) is 0 Å². The van der Waals surface area contributed by atoms with E-state index in [0.717, 1.165) is 77.4 Å². The molecule has 0 atom stereocenters. The monoisotopic (exact) mass is 1190 g/mol. The van der Waals surface area contributed by atoms with E-state index in [1.54, 1.807) is 0 Å². The fraction of sp³-hybridized carbons (Fsp3) is 0. The third-order valence-electron chi connectivity index (χ3n) is 16.4. The zero-order valence-electron chi connectivity index (χ0n) is 49.7. The minimum absolute atomic E-state index is 0.362. The Balaban J connectivity index is 1.05. The van der Waals surface area contributed by atoms with Crippen molar-refractivity contribution in [3.63, 3.8) is 0 Å². The van der Waals surface area contributed by atoms with Gasteiger partial charge in [0.1, 0.15) is 0 Å². The van der Waals surface area contributed by atoms with E-state index in [1.165, 1.54) is 0 Å². The lowest BCUT2D eigenvalue weighted by molar-refractivity contribution is 1.07. The van der Waals surface area contributed by atoms with Gasteiger partial charge < -0.3 is 4.57 Å². The first kappa shape index (κ1) is 55.2. The lowest BCUT2D eigenvalue weighted by Gasteiger charge is -2.20. The maximum atomic E-state index is 11.5. The first-order valence-electron chi connectivity index (χ1n) is 30.4. The van der Waals surface area contributed by atoms with Crippen LogP contribution in [-0.2, 0) is 0 Å². The van der Waals surface area contributed by atoms with Crippen molar-refractivity contribution in [3.05, 3.63) is 309 Å². The molecule has 11 aromatic carbocycles. The van der Waals surface area contributed by atoms with Crippen molar-refractivity contribution in [1.82, 2.24) is 54.4 Å². The Morgan fingerprint density at radius 1 is 0.226 bits per heavy atom. The van der Waals surface area contributed by atoms with Gasteiger partial charge in [0.15, 0.2) is 46.6 Å². The van der Waals surface area contributed by atoms with Crippen LogP contribution in [0, 0.1) is 11.3 Å². The van der Waals surface area contributed by atoms with Crippen LogP contribution in [-0.4, -0.2) is 54.4 Å². The van der Waals surface area contributed by atoms with E-state index in [2.05, 4.69) is 47.0 Å². The predicted molar refractivity (Wildman–Crippen MR) is 369 cm³/mol. The molecule has 0 fully saturated rings. The molecule has 0 aliphatic carbocycles. The van der Waals surface area contributed by atoms with Crippen molar-refractivity contribution in [1.29, 1.82) is 5.26 Å². The average molecular weight is 1190 g/mol. The van der Waals surface area contributed by atoms with Gasteiger partial charge in [0.05, 0.1) is 51.1 Å². The average Bonchev–Trinajstić information content (AvgIpc) is 1.91. The molecule has 12 nitrogen and oxygen atoms in total. The number of nitriles is 1. The van der Waals surface area contributed by atoms with Gasteiger partial charge in [-0.3, -0.25) is 0 Å². The highest BCUT2D eigenvalue weighted by Gasteiger charge is 2.27. The number of aromatic nitrogens is 11. The highest BCUT2D eigenvalue weighted by atomic mass is 15.1. The van der Waals surface area contributed by atoms with Crippen LogP contribution in [0.1, 0.15) is 5.56 Å². The van der Waals surface area contributed by atoms with Crippen molar-refractivity contribution >= 4 is 21.8 Å². The molecule has 0 aliphatic heterocycles. The highest BCUT2D eigenvalue weighted by Crippen LogP contribution is 2.45. The zero-order chi connectivity index (χ0) is 62.0. The van der Waals surface area contributed by atoms with Gasteiger partial charge in [0.2, 0.25) is 0 Å². The van der Waals surface area contributed by atoms with Gasteiger partial charge in [0.25, 0.3) is 0 Å². The molecule has 0 saturated heterocycles. The molecule has 93 heavy (non-hydrogen) atoms. The summed E-state index contributed by atoms with van der Waals surface area (Å²) in [5, 5.41) is 13.3. The minimum atomic E-state index is 0.362. The van der Waals surface area contributed by atoms with Gasteiger partial charge in [-0.1, -0.05) is 267 Å². The number of rotatable bonds is 13. The Morgan fingerprint density at radius 2 is 0.495 bits per heavy atom. The van der Waals surface area contributed by atoms with Gasteiger partial charge in [-0.25, -0.2) is 49.8 Å². The standard InChI is InChI=1S/C81H50N12/c82-51-52-45-65(70-50-69(55-29-13-3-14-30-55)83-74(86-70)56-31-15-4-16-32-56)73(66(46-52)81-84-67(53-25-9-1-10-26-53)49-68(85-81)54-27-11-2-12-28-54)93-71-47-61(79-89-75(57-33-17-5-18-34-57)87-76(90-79)58-35-19-6-20-36-58)41-43-63(71)64-44-42-62(48-72(64)93)80-91-77(59-37-21-7-22-38-59)88-78(92-80)60-39-23-8-24-40-60/h1-50H. The van der Waals surface area contributed by atoms with E-state index in [-0.39, 0.29) is 0 Å². The van der Waals surface area contributed by atoms with Crippen molar-refractivity contribution in [2.24, 2.45) is 0 Å². The minimum Gasteiger partial charge on any atom is -0.308 e. The first-order valence-corrected chi connectivity index (χ1v) is 30.4. The molecule has 5 aromatic heterocycles. The summed E-state index contributed by atoms with van der Waals surface area (Å²) in [6, 6.07) is 103. The van der Waals surface area contributed by atoms with Crippen molar-refractivity contribution in [3.8, 4) is 148 Å². The van der Waals surface area contributed by atoms with Crippen LogP contribution >= 0.6 is 0 Å². The molecule has 5 heterocycles. The third-order valence-corrected chi connectivity index (χ3v) is 16.4. The maximum Gasteiger partial charge on any atom is 0.164 e. The van der Waals surface area contributed by atoms with Crippen LogP contribution in [0.3, 0.4) is 0 Å². The molecule has 0 radical (unpaired) electrons. The molecule has 0 N–H and O–H groups in total. The molecule has 0 saturated carbocycles. The fourth-order valence-electron chi connectivity index (χ4n) is 11.9. The molecule has 0 spiro atoms. The summed E-state index contributed by atoms with van der Waals surface area (Å²) in [5.74, 6) is 3.93. The number of nitrogens with zero attached hydrogens (tertiary/aromatic N) is 12. The lowest BCUT2D eigenvalue weighted by atomic mass is 9.97.